The fourth-order valence-electron chi connectivity index (χ4n) is 1.01. The van der Waals surface area contributed by atoms with Crippen molar-refractivity contribution in [3.63, 3.8) is 0 Å². The van der Waals surface area contributed by atoms with E-state index in [2.05, 4.69) is 4.98 Å². The van der Waals surface area contributed by atoms with Crippen LogP contribution in [0.1, 0.15) is 11.4 Å². The van der Waals surface area contributed by atoms with Gasteiger partial charge in [0.05, 0.1) is 11.4 Å². The molecule has 1 heterocycles. The summed E-state index contributed by atoms with van der Waals surface area (Å²) in [7, 11) is 0. The number of aromatic nitrogens is 1. The van der Waals surface area contributed by atoms with Crippen molar-refractivity contribution in [1.82, 2.24) is 4.98 Å². The van der Waals surface area contributed by atoms with Crippen LogP contribution in [0.3, 0.4) is 0 Å². The summed E-state index contributed by atoms with van der Waals surface area (Å²) in [4.78, 5) is 4.11. The van der Waals surface area contributed by atoms with Gasteiger partial charge in [-0.15, -0.1) is 0 Å². The molecule has 0 radical (unpaired) electrons. The Hall–Kier alpha value is -0.980. The first-order valence-electron chi connectivity index (χ1n) is 3.90. The van der Waals surface area contributed by atoms with E-state index in [0.717, 1.165) is 0 Å². The van der Waals surface area contributed by atoms with E-state index in [-0.39, 0.29) is 6.61 Å². The van der Waals surface area contributed by atoms with Gasteiger partial charge in [-0.2, -0.15) is 5.26 Å². The minimum atomic E-state index is -0.0810. The average Bonchev–Trinajstić information content (AvgIpc) is 2.15. The van der Waals surface area contributed by atoms with Crippen molar-refractivity contribution in [1.29, 1.82) is 5.26 Å². The van der Waals surface area contributed by atoms with Gasteiger partial charge in [-0.25, -0.2) is 0 Å². The Balaban J connectivity index is 3.19. The third-order valence-electron chi connectivity index (χ3n) is 1.65. The highest BCUT2D eigenvalue weighted by atomic mass is 35.5. The summed E-state index contributed by atoms with van der Waals surface area (Å²) in [5.74, 6) is 0.333. The predicted octanol–water partition coefficient (Wildman–Crippen LogP) is 2.91. The molecule has 0 aromatic carbocycles. The zero-order valence-corrected chi connectivity index (χ0v) is 9.28. The fourth-order valence-corrected chi connectivity index (χ4v) is 1.44. The lowest BCUT2D eigenvalue weighted by atomic mass is 10.3. The van der Waals surface area contributed by atoms with Crippen LogP contribution in [0.4, 0.5) is 0 Å². The summed E-state index contributed by atoms with van der Waals surface area (Å²) in [6.45, 7) is 3.43. The Morgan fingerprint density at radius 2 is 1.79 bits per heavy atom. The lowest BCUT2D eigenvalue weighted by molar-refractivity contribution is 0.367. The van der Waals surface area contributed by atoms with E-state index in [1.807, 2.05) is 6.07 Å². The Morgan fingerprint density at radius 1 is 1.29 bits per heavy atom. The average molecular weight is 231 g/mol. The summed E-state index contributed by atoms with van der Waals surface area (Å²) in [5, 5.41) is 9.09. The van der Waals surface area contributed by atoms with Crippen molar-refractivity contribution in [3.05, 3.63) is 21.4 Å². The zero-order valence-electron chi connectivity index (χ0n) is 7.77. The lowest BCUT2D eigenvalue weighted by Crippen LogP contribution is -1.99. The molecule has 1 aromatic heterocycles. The minimum Gasteiger partial charge on any atom is -0.475 e. The highest BCUT2D eigenvalue weighted by Gasteiger charge is 2.13. The molecule has 0 bridgehead atoms. The summed E-state index contributed by atoms with van der Waals surface area (Å²) >= 11 is 11.8. The number of aryl methyl sites for hydroxylation is 2. The van der Waals surface area contributed by atoms with Crippen LogP contribution in [0.5, 0.6) is 5.75 Å². The van der Waals surface area contributed by atoms with Crippen LogP contribution in [-0.2, 0) is 0 Å². The van der Waals surface area contributed by atoms with E-state index in [1.165, 1.54) is 0 Å². The first-order valence-corrected chi connectivity index (χ1v) is 4.65. The molecule has 0 aliphatic rings. The van der Waals surface area contributed by atoms with Crippen molar-refractivity contribution < 1.29 is 4.74 Å². The van der Waals surface area contributed by atoms with Crippen LogP contribution in [-0.4, -0.2) is 11.6 Å². The Kier molecular flexibility index (Phi) is 3.56. The van der Waals surface area contributed by atoms with Gasteiger partial charge in [0.2, 0.25) is 0 Å². The predicted molar refractivity (Wildman–Crippen MR) is 54.8 cm³/mol. The van der Waals surface area contributed by atoms with Crippen molar-refractivity contribution >= 4 is 23.2 Å². The third-order valence-corrected chi connectivity index (χ3v) is 2.54. The summed E-state index contributed by atoms with van der Waals surface area (Å²) in [5.41, 5.74) is 1.28. The van der Waals surface area contributed by atoms with Crippen molar-refractivity contribution in [2.45, 2.75) is 13.8 Å². The standard InChI is InChI=1S/C9H8Cl2N2O/c1-5-7(10)9(14-4-3-12)8(11)6(2)13-5/h4H2,1-2H3. The normalized spacial score (nSPS) is 9.64. The maximum atomic E-state index is 8.37. The number of hydrogen-bond acceptors (Lipinski definition) is 3. The third kappa shape index (κ3) is 2.09. The van der Waals surface area contributed by atoms with Crippen LogP contribution < -0.4 is 4.74 Å². The molecule has 0 saturated heterocycles. The number of ether oxygens (including phenoxy) is 1. The number of rotatable bonds is 2. The van der Waals surface area contributed by atoms with Gasteiger partial charge in [-0.3, -0.25) is 4.98 Å². The van der Waals surface area contributed by atoms with Crippen molar-refractivity contribution in [2.75, 3.05) is 6.61 Å². The molecule has 0 spiro atoms. The molecule has 0 fully saturated rings. The van der Waals surface area contributed by atoms with Gasteiger partial charge in [0, 0.05) is 0 Å². The summed E-state index contributed by atoms with van der Waals surface area (Å²) in [6.07, 6.45) is 0. The van der Waals surface area contributed by atoms with Gasteiger partial charge in [-0.05, 0) is 13.8 Å². The number of hydrogen-bond donors (Lipinski definition) is 0. The highest BCUT2D eigenvalue weighted by Crippen LogP contribution is 2.35. The fraction of sp³-hybridized carbons (Fsp3) is 0.333. The molecule has 3 nitrogen and oxygen atoms in total. The van der Waals surface area contributed by atoms with E-state index in [0.29, 0.717) is 27.2 Å². The van der Waals surface area contributed by atoms with Crippen molar-refractivity contribution in [2.24, 2.45) is 0 Å². The summed E-state index contributed by atoms with van der Waals surface area (Å²) < 4.78 is 5.11. The number of pyridine rings is 1. The van der Waals surface area contributed by atoms with Gasteiger partial charge in [0.1, 0.15) is 16.1 Å². The molecule has 1 aromatic rings. The Labute approximate surface area is 92.2 Å². The van der Waals surface area contributed by atoms with Gasteiger partial charge >= 0.3 is 0 Å². The first kappa shape index (κ1) is 11.1. The molecular weight excluding hydrogens is 223 g/mol. The van der Waals surface area contributed by atoms with Crippen LogP contribution in [0, 0.1) is 25.2 Å². The second-order valence-corrected chi connectivity index (χ2v) is 3.44. The molecule has 0 aliphatic heterocycles. The Bertz CT molecular complexity index is 373. The van der Waals surface area contributed by atoms with E-state index in [9.17, 15) is 0 Å². The first-order chi connectivity index (χ1) is 6.57. The van der Waals surface area contributed by atoms with Crippen LogP contribution in [0.25, 0.3) is 0 Å². The highest BCUT2D eigenvalue weighted by molar-refractivity contribution is 6.37. The molecule has 0 unspecified atom stereocenters. The minimum absolute atomic E-state index is 0.0810. The van der Waals surface area contributed by atoms with Crippen LogP contribution >= 0.6 is 23.2 Å². The van der Waals surface area contributed by atoms with Gasteiger partial charge in [0.25, 0.3) is 0 Å². The topological polar surface area (TPSA) is 45.9 Å². The molecule has 5 heteroatoms. The molecule has 0 aliphatic carbocycles. The van der Waals surface area contributed by atoms with E-state index < -0.39 is 0 Å². The number of nitriles is 1. The van der Waals surface area contributed by atoms with Gasteiger partial charge < -0.3 is 4.74 Å². The maximum absolute atomic E-state index is 8.37. The van der Waals surface area contributed by atoms with E-state index >= 15 is 0 Å². The monoisotopic (exact) mass is 230 g/mol. The maximum Gasteiger partial charge on any atom is 0.174 e. The molecular formula is C9H8Cl2N2O. The smallest absolute Gasteiger partial charge is 0.174 e. The molecule has 0 saturated carbocycles. The SMILES string of the molecule is Cc1nc(C)c(Cl)c(OCC#N)c1Cl. The van der Waals surface area contributed by atoms with Crippen LogP contribution in [0.15, 0.2) is 0 Å². The second kappa shape index (κ2) is 4.50. The molecule has 0 N–H and O–H groups in total. The lowest BCUT2D eigenvalue weighted by Gasteiger charge is -2.10. The number of halogens is 2. The molecule has 0 amide bonds. The molecule has 0 atom stereocenters. The largest absolute Gasteiger partial charge is 0.475 e. The van der Waals surface area contributed by atoms with E-state index in [1.54, 1.807) is 13.8 Å². The zero-order chi connectivity index (χ0) is 10.7. The van der Waals surface area contributed by atoms with Gasteiger partial charge in [0.15, 0.2) is 12.4 Å². The summed E-state index contributed by atoms with van der Waals surface area (Å²) in [6, 6.07) is 1.85. The van der Waals surface area contributed by atoms with Gasteiger partial charge in [-0.1, -0.05) is 23.2 Å². The molecule has 1 rings (SSSR count). The van der Waals surface area contributed by atoms with Crippen molar-refractivity contribution in [3.8, 4) is 11.8 Å². The van der Waals surface area contributed by atoms with Crippen LogP contribution in [0.2, 0.25) is 10.0 Å². The molecule has 14 heavy (non-hydrogen) atoms. The number of nitrogens with zero attached hydrogens (tertiary/aromatic N) is 2. The second-order valence-electron chi connectivity index (χ2n) is 2.69. The quantitative estimate of drug-likeness (QED) is 0.785. The van der Waals surface area contributed by atoms with E-state index in [4.69, 9.17) is 33.2 Å². The molecule has 74 valence electrons. The Morgan fingerprint density at radius 3 is 2.21 bits per heavy atom.